The van der Waals surface area contributed by atoms with E-state index in [-0.39, 0.29) is 17.2 Å². The van der Waals surface area contributed by atoms with Gasteiger partial charge in [0, 0.05) is 29.1 Å². The molecular formula is C23H27ClN2O2. The van der Waals surface area contributed by atoms with Crippen LogP contribution in [0.1, 0.15) is 61.1 Å². The average Bonchev–Trinajstić information content (AvgIpc) is 2.94. The summed E-state index contributed by atoms with van der Waals surface area (Å²) in [5, 5.41) is 3.68. The summed E-state index contributed by atoms with van der Waals surface area (Å²) in [6.45, 7) is 7.31. The second-order valence-electron chi connectivity index (χ2n) is 7.96. The quantitative estimate of drug-likeness (QED) is 0.685. The van der Waals surface area contributed by atoms with Gasteiger partial charge in [-0.05, 0) is 35.7 Å². The molecule has 1 unspecified atom stereocenters. The van der Waals surface area contributed by atoms with Gasteiger partial charge in [0.1, 0.15) is 6.04 Å². The lowest BCUT2D eigenvalue weighted by Crippen LogP contribution is -2.44. The Kier molecular flexibility index (Phi) is 6.09. The molecule has 0 radical (unpaired) electrons. The number of nitrogens with one attached hydrogen (secondary N) is 1. The van der Waals surface area contributed by atoms with Gasteiger partial charge in [-0.25, -0.2) is 0 Å². The van der Waals surface area contributed by atoms with Crippen LogP contribution in [-0.2, 0) is 10.2 Å². The largest absolute Gasteiger partial charge is 0.354 e. The maximum atomic E-state index is 13.1. The minimum atomic E-state index is -0.591. The van der Waals surface area contributed by atoms with Gasteiger partial charge in [-0.15, -0.1) is 0 Å². The first kappa shape index (κ1) is 20.4. The molecule has 3 rings (SSSR count). The molecule has 0 fully saturated rings. The van der Waals surface area contributed by atoms with Gasteiger partial charge >= 0.3 is 0 Å². The fourth-order valence-electron chi connectivity index (χ4n) is 3.72. The minimum absolute atomic E-state index is 0.0896. The van der Waals surface area contributed by atoms with Crippen molar-refractivity contribution in [1.29, 1.82) is 0 Å². The Bertz CT molecular complexity index is 861. The number of carbonyl (C=O) groups excluding carboxylic acids is 2. The van der Waals surface area contributed by atoms with Gasteiger partial charge in [0.25, 0.3) is 5.91 Å². The van der Waals surface area contributed by atoms with E-state index in [1.807, 2.05) is 42.5 Å². The molecule has 1 atom stereocenters. The summed E-state index contributed by atoms with van der Waals surface area (Å²) in [5.74, 6) is -0.202. The number of hydrogen-bond acceptors (Lipinski definition) is 2. The topological polar surface area (TPSA) is 49.4 Å². The summed E-state index contributed by atoms with van der Waals surface area (Å²) in [6.07, 6.45) is 1.93. The number of carbonyl (C=O) groups is 2. The van der Waals surface area contributed by atoms with Gasteiger partial charge in [-0.3, -0.25) is 9.59 Å². The third-order valence-electron chi connectivity index (χ3n) is 5.33. The lowest BCUT2D eigenvalue weighted by atomic mass is 9.84. The fourth-order valence-corrected chi connectivity index (χ4v) is 3.85. The molecule has 0 bridgehead atoms. The number of fused-ring (bicyclic) bond motifs is 1. The van der Waals surface area contributed by atoms with Gasteiger partial charge in [0.05, 0.1) is 0 Å². The van der Waals surface area contributed by atoms with Crippen LogP contribution in [-0.4, -0.2) is 29.8 Å². The Hall–Kier alpha value is -2.33. The first-order valence-electron chi connectivity index (χ1n) is 9.79. The van der Waals surface area contributed by atoms with E-state index in [4.69, 9.17) is 11.6 Å². The molecule has 1 aliphatic rings. The van der Waals surface area contributed by atoms with Crippen LogP contribution in [0.5, 0.6) is 0 Å². The summed E-state index contributed by atoms with van der Waals surface area (Å²) >= 11 is 6.02. The zero-order valence-electron chi connectivity index (χ0n) is 16.7. The molecule has 0 aliphatic carbocycles. The van der Waals surface area contributed by atoms with Crippen molar-refractivity contribution in [2.75, 3.05) is 13.1 Å². The maximum Gasteiger partial charge on any atom is 0.255 e. The Morgan fingerprint density at radius 1 is 1.14 bits per heavy atom. The highest BCUT2D eigenvalue weighted by Crippen LogP contribution is 2.37. The predicted octanol–water partition coefficient (Wildman–Crippen LogP) is 4.73. The van der Waals surface area contributed by atoms with Crippen LogP contribution in [0.3, 0.4) is 0 Å². The summed E-state index contributed by atoms with van der Waals surface area (Å²) in [6, 6.07) is 14.5. The van der Waals surface area contributed by atoms with Crippen LogP contribution in [0, 0.1) is 0 Å². The van der Waals surface area contributed by atoms with Crippen molar-refractivity contribution >= 4 is 23.4 Å². The Morgan fingerprint density at radius 3 is 2.50 bits per heavy atom. The van der Waals surface area contributed by atoms with E-state index in [2.05, 4.69) is 26.1 Å². The highest BCUT2D eigenvalue weighted by atomic mass is 35.5. The van der Waals surface area contributed by atoms with E-state index in [0.29, 0.717) is 23.7 Å². The van der Waals surface area contributed by atoms with Crippen LogP contribution >= 0.6 is 11.6 Å². The molecule has 0 spiro atoms. The van der Waals surface area contributed by atoms with Gasteiger partial charge < -0.3 is 10.2 Å². The Labute approximate surface area is 171 Å². The van der Waals surface area contributed by atoms with Crippen LogP contribution in [0.25, 0.3) is 0 Å². The number of rotatable bonds is 7. The maximum absolute atomic E-state index is 13.1. The Balaban J connectivity index is 1.90. The smallest absolute Gasteiger partial charge is 0.255 e. The highest BCUT2D eigenvalue weighted by Gasteiger charge is 2.43. The van der Waals surface area contributed by atoms with Crippen molar-refractivity contribution in [3.05, 3.63) is 70.2 Å². The SMILES string of the molecule is CCCCNC(=O)C1c2ccccc2C(=O)N1CC(C)(C)c1ccc(Cl)cc1. The molecular weight excluding hydrogens is 372 g/mol. The summed E-state index contributed by atoms with van der Waals surface area (Å²) in [5.41, 5.74) is 2.15. The third kappa shape index (κ3) is 4.07. The van der Waals surface area contributed by atoms with E-state index in [1.165, 1.54) is 0 Å². The third-order valence-corrected chi connectivity index (χ3v) is 5.58. The second kappa shape index (κ2) is 8.36. The molecule has 1 aliphatic heterocycles. The number of amides is 2. The van der Waals surface area contributed by atoms with Crippen molar-refractivity contribution in [2.24, 2.45) is 0 Å². The molecule has 1 N–H and O–H groups in total. The van der Waals surface area contributed by atoms with Gasteiger partial charge in [0.2, 0.25) is 5.91 Å². The molecule has 1 heterocycles. The van der Waals surface area contributed by atoms with Crippen LogP contribution in [0.15, 0.2) is 48.5 Å². The van der Waals surface area contributed by atoms with Crippen LogP contribution in [0.2, 0.25) is 5.02 Å². The second-order valence-corrected chi connectivity index (χ2v) is 8.39. The van der Waals surface area contributed by atoms with Gasteiger partial charge in [-0.2, -0.15) is 0 Å². The Morgan fingerprint density at radius 2 is 1.82 bits per heavy atom. The molecule has 2 aromatic carbocycles. The van der Waals surface area contributed by atoms with E-state index in [9.17, 15) is 9.59 Å². The number of unbranched alkanes of at least 4 members (excludes halogenated alkanes) is 1. The molecule has 2 aromatic rings. The summed E-state index contributed by atoms with van der Waals surface area (Å²) < 4.78 is 0. The zero-order valence-corrected chi connectivity index (χ0v) is 17.4. The number of benzene rings is 2. The predicted molar refractivity (Wildman–Crippen MR) is 113 cm³/mol. The molecule has 0 saturated heterocycles. The van der Waals surface area contributed by atoms with Crippen molar-refractivity contribution < 1.29 is 9.59 Å². The van der Waals surface area contributed by atoms with Crippen LogP contribution < -0.4 is 5.32 Å². The molecule has 28 heavy (non-hydrogen) atoms. The van der Waals surface area contributed by atoms with Crippen molar-refractivity contribution in [3.63, 3.8) is 0 Å². The van der Waals surface area contributed by atoms with Gasteiger partial charge in [0.15, 0.2) is 0 Å². The number of nitrogens with zero attached hydrogens (tertiary/aromatic N) is 1. The van der Waals surface area contributed by atoms with Crippen molar-refractivity contribution in [1.82, 2.24) is 10.2 Å². The van der Waals surface area contributed by atoms with Crippen LogP contribution in [0.4, 0.5) is 0 Å². The zero-order chi connectivity index (χ0) is 20.3. The number of hydrogen-bond donors (Lipinski definition) is 1. The standard InChI is InChI=1S/C23H27ClN2O2/c1-4-5-14-25-21(27)20-18-8-6-7-9-19(18)22(28)26(20)15-23(2,3)16-10-12-17(24)13-11-16/h6-13,20H,4-5,14-15H2,1-3H3,(H,25,27). The molecule has 2 amide bonds. The van der Waals surface area contributed by atoms with E-state index in [0.717, 1.165) is 24.0 Å². The van der Waals surface area contributed by atoms with E-state index >= 15 is 0 Å². The normalized spacial score (nSPS) is 16.2. The number of halogens is 1. The highest BCUT2D eigenvalue weighted by molar-refractivity contribution is 6.30. The van der Waals surface area contributed by atoms with E-state index < -0.39 is 6.04 Å². The molecule has 4 nitrogen and oxygen atoms in total. The molecule has 0 saturated carbocycles. The summed E-state index contributed by atoms with van der Waals surface area (Å²) in [7, 11) is 0. The summed E-state index contributed by atoms with van der Waals surface area (Å²) in [4.78, 5) is 27.8. The molecule has 5 heteroatoms. The first-order chi connectivity index (χ1) is 13.3. The molecule has 148 valence electrons. The minimum Gasteiger partial charge on any atom is -0.354 e. The van der Waals surface area contributed by atoms with Gasteiger partial charge in [-0.1, -0.05) is 69.1 Å². The van der Waals surface area contributed by atoms with Crippen molar-refractivity contribution in [2.45, 2.75) is 45.1 Å². The average molecular weight is 399 g/mol. The lowest BCUT2D eigenvalue weighted by molar-refractivity contribution is -0.125. The van der Waals surface area contributed by atoms with Crippen molar-refractivity contribution in [3.8, 4) is 0 Å². The first-order valence-corrected chi connectivity index (χ1v) is 10.2. The fraction of sp³-hybridized carbons (Fsp3) is 0.391. The molecule has 0 aromatic heterocycles. The lowest BCUT2D eigenvalue weighted by Gasteiger charge is -2.34. The van der Waals surface area contributed by atoms with E-state index in [1.54, 1.807) is 11.0 Å². The monoisotopic (exact) mass is 398 g/mol.